The molecular formula is C28H22N4O5S. The number of amides is 1. The largest absolute Gasteiger partial charge is 0.511 e. The van der Waals surface area contributed by atoms with Crippen molar-refractivity contribution in [2.24, 2.45) is 10.2 Å². The standard InChI is InChI=1S/C28H22N4O5S/c1-16-11-12-19(14-17(16)2)32-27(34)25(24(31-32)23-10-5-13-38-23)30-29-22-9-4-8-21(26(22)33)18-6-3-7-20(15-18)37-28(35)36/h3-15,29,33H,1-2H3,(H,35,36). The number of rotatable bonds is 6. The number of ether oxygens (including phenoxy) is 1. The van der Waals surface area contributed by atoms with Gasteiger partial charge in [-0.3, -0.25) is 10.2 Å². The van der Waals surface area contributed by atoms with Gasteiger partial charge in [-0.15, -0.1) is 11.3 Å². The van der Waals surface area contributed by atoms with Crippen molar-refractivity contribution in [3.05, 3.63) is 94.2 Å². The van der Waals surface area contributed by atoms with Gasteiger partial charge in [0.15, 0.2) is 5.71 Å². The van der Waals surface area contributed by atoms with Gasteiger partial charge in [-0.1, -0.05) is 36.4 Å². The number of carbonyl (C=O) groups excluding carboxylic acids is 1. The molecule has 0 saturated carbocycles. The van der Waals surface area contributed by atoms with Crippen LogP contribution in [0.25, 0.3) is 11.1 Å². The fourth-order valence-corrected chi connectivity index (χ4v) is 4.63. The molecule has 5 rings (SSSR count). The summed E-state index contributed by atoms with van der Waals surface area (Å²) in [7, 11) is 0. The van der Waals surface area contributed by atoms with E-state index in [1.807, 2.05) is 49.6 Å². The minimum Gasteiger partial charge on any atom is -0.505 e. The zero-order valence-electron chi connectivity index (χ0n) is 20.4. The van der Waals surface area contributed by atoms with Gasteiger partial charge in [0, 0.05) is 5.56 Å². The van der Waals surface area contributed by atoms with Crippen LogP contribution < -0.4 is 15.2 Å². The van der Waals surface area contributed by atoms with Gasteiger partial charge in [0.05, 0.1) is 16.3 Å². The molecule has 3 aromatic carbocycles. The molecule has 0 radical (unpaired) electrons. The lowest BCUT2D eigenvalue weighted by atomic mass is 10.0. The topological polar surface area (TPSA) is 124 Å². The van der Waals surface area contributed by atoms with E-state index >= 15 is 0 Å². The van der Waals surface area contributed by atoms with E-state index in [1.165, 1.54) is 28.5 Å². The first-order valence-electron chi connectivity index (χ1n) is 11.5. The zero-order valence-corrected chi connectivity index (χ0v) is 21.2. The molecule has 1 aromatic heterocycles. The Bertz CT molecular complexity index is 1610. The van der Waals surface area contributed by atoms with Gasteiger partial charge in [0.1, 0.15) is 17.2 Å². The van der Waals surface area contributed by atoms with Crippen LogP contribution in [-0.2, 0) is 4.79 Å². The fraction of sp³-hybridized carbons (Fsp3) is 0.0714. The van der Waals surface area contributed by atoms with E-state index in [0.717, 1.165) is 16.0 Å². The first-order valence-corrected chi connectivity index (χ1v) is 12.4. The number of hydrogen-bond donors (Lipinski definition) is 3. The first-order chi connectivity index (χ1) is 18.3. The highest BCUT2D eigenvalue weighted by atomic mass is 32.1. The van der Waals surface area contributed by atoms with Crippen molar-refractivity contribution in [2.75, 3.05) is 10.4 Å². The van der Waals surface area contributed by atoms with Gasteiger partial charge in [-0.25, -0.2) is 4.79 Å². The second-order valence-electron chi connectivity index (χ2n) is 8.48. The highest BCUT2D eigenvalue weighted by Gasteiger charge is 2.35. The maximum absolute atomic E-state index is 13.4. The van der Waals surface area contributed by atoms with Gasteiger partial charge >= 0.3 is 12.1 Å². The summed E-state index contributed by atoms with van der Waals surface area (Å²) in [5.41, 5.74) is 7.32. The van der Waals surface area contributed by atoms with E-state index in [9.17, 15) is 14.7 Å². The lowest BCUT2D eigenvalue weighted by molar-refractivity contribution is -0.112. The highest BCUT2D eigenvalue weighted by molar-refractivity contribution is 7.13. The Kier molecular flexibility index (Phi) is 6.63. The molecule has 0 unspecified atom stereocenters. The quantitative estimate of drug-likeness (QED) is 0.122. The normalized spacial score (nSPS) is 14.1. The number of phenols is 1. The summed E-state index contributed by atoms with van der Waals surface area (Å²) in [5.74, 6) is -0.415. The predicted molar refractivity (Wildman–Crippen MR) is 148 cm³/mol. The molecule has 2 heterocycles. The van der Waals surface area contributed by atoms with E-state index in [1.54, 1.807) is 30.3 Å². The van der Waals surface area contributed by atoms with E-state index in [2.05, 4.69) is 15.6 Å². The van der Waals surface area contributed by atoms with E-state index < -0.39 is 12.1 Å². The van der Waals surface area contributed by atoms with Crippen molar-refractivity contribution in [1.29, 1.82) is 0 Å². The molecule has 4 aromatic rings. The van der Waals surface area contributed by atoms with Crippen LogP contribution in [0.5, 0.6) is 11.5 Å². The number of aromatic hydroxyl groups is 1. The molecule has 0 bridgehead atoms. The Morgan fingerprint density at radius 2 is 1.84 bits per heavy atom. The summed E-state index contributed by atoms with van der Waals surface area (Å²) in [6, 6.07) is 20.7. The van der Waals surface area contributed by atoms with Crippen LogP contribution >= 0.6 is 11.3 Å². The number of anilines is 2. The van der Waals surface area contributed by atoms with Crippen molar-refractivity contribution >= 4 is 46.2 Å². The maximum Gasteiger partial charge on any atom is 0.511 e. The second-order valence-corrected chi connectivity index (χ2v) is 9.43. The minimum atomic E-state index is -1.43. The molecule has 1 amide bonds. The average molecular weight is 527 g/mol. The first kappa shape index (κ1) is 24.7. The van der Waals surface area contributed by atoms with E-state index in [0.29, 0.717) is 22.5 Å². The van der Waals surface area contributed by atoms with Crippen molar-refractivity contribution in [3.8, 4) is 22.6 Å². The predicted octanol–water partition coefficient (Wildman–Crippen LogP) is 6.01. The van der Waals surface area contributed by atoms with Gasteiger partial charge in [0.2, 0.25) is 0 Å². The monoisotopic (exact) mass is 526 g/mol. The number of thiophene rings is 1. The SMILES string of the molecule is Cc1ccc(N2N=C(c3cccs3)C(=NNc3cccc(-c4cccc(OC(=O)O)c4)c3O)C2=O)cc1C. The fourth-order valence-electron chi connectivity index (χ4n) is 3.92. The van der Waals surface area contributed by atoms with Crippen molar-refractivity contribution in [2.45, 2.75) is 13.8 Å². The smallest absolute Gasteiger partial charge is 0.505 e. The third-order valence-electron chi connectivity index (χ3n) is 5.98. The molecule has 10 heteroatoms. The van der Waals surface area contributed by atoms with Crippen LogP contribution in [0.3, 0.4) is 0 Å². The van der Waals surface area contributed by atoms with Crippen molar-refractivity contribution in [1.82, 2.24) is 0 Å². The van der Waals surface area contributed by atoms with Gasteiger partial charge in [-0.05, 0) is 72.3 Å². The Morgan fingerprint density at radius 1 is 1.03 bits per heavy atom. The molecule has 190 valence electrons. The van der Waals surface area contributed by atoms with Crippen molar-refractivity contribution in [3.63, 3.8) is 0 Å². The second kappa shape index (κ2) is 10.2. The lowest BCUT2D eigenvalue weighted by Gasteiger charge is -2.13. The molecule has 3 N–H and O–H groups in total. The molecule has 0 fully saturated rings. The third kappa shape index (κ3) is 4.84. The van der Waals surface area contributed by atoms with Crippen LogP contribution in [0.15, 0.2) is 88.4 Å². The van der Waals surface area contributed by atoms with Crippen molar-refractivity contribution < 1.29 is 24.5 Å². The van der Waals surface area contributed by atoms with E-state index in [-0.39, 0.29) is 22.9 Å². The summed E-state index contributed by atoms with van der Waals surface area (Å²) in [6.07, 6.45) is -1.43. The van der Waals surface area contributed by atoms with Gasteiger partial charge in [0.25, 0.3) is 0 Å². The molecule has 1 aliphatic rings. The molecule has 9 nitrogen and oxygen atoms in total. The summed E-state index contributed by atoms with van der Waals surface area (Å²) in [5, 5.41) is 32.0. The summed E-state index contributed by atoms with van der Waals surface area (Å²) < 4.78 is 4.72. The maximum atomic E-state index is 13.4. The number of hydrazone groups is 2. The molecule has 1 aliphatic heterocycles. The van der Waals surface area contributed by atoms with Crippen LogP contribution in [0, 0.1) is 13.8 Å². The third-order valence-corrected chi connectivity index (χ3v) is 6.86. The van der Waals surface area contributed by atoms with E-state index in [4.69, 9.17) is 9.84 Å². The van der Waals surface area contributed by atoms with Gasteiger partial charge in [-0.2, -0.15) is 15.2 Å². The number of benzene rings is 3. The Labute approximate surface area is 221 Å². The number of nitrogens with one attached hydrogen (secondary N) is 1. The lowest BCUT2D eigenvalue weighted by Crippen LogP contribution is -2.28. The number of aryl methyl sites for hydroxylation is 2. The molecule has 0 saturated heterocycles. The van der Waals surface area contributed by atoms with Crippen LogP contribution in [0.1, 0.15) is 16.0 Å². The Hall–Kier alpha value is -4.96. The molecule has 0 atom stereocenters. The molecule has 38 heavy (non-hydrogen) atoms. The summed E-state index contributed by atoms with van der Waals surface area (Å²) >= 11 is 1.44. The molecule has 0 aliphatic carbocycles. The number of hydrogen-bond acceptors (Lipinski definition) is 8. The molecular weight excluding hydrogens is 504 g/mol. The molecule has 0 spiro atoms. The zero-order chi connectivity index (χ0) is 26.8. The highest BCUT2D eigenvalue weighted by Crippen LogP contribution is 2.37. The Balaban J connectivity index is 1.48. The summed E-state index contributed by atoms with van der Waals surface area (Å²) in [6.45, 7) is 3.97. The number of nitrogens with zero attached hydrogens (tertiary/aromatic N) is 3. The number of carboxylic acid groups (broad SMARTS) is 1. The van der Waals surface area contributed by atoms with Crippen LogP contribution in [0.4, 0.5) is 16.2 Å². The van der Waals surface area contributed by atoms with Gasteiger partial charge < -0.3 is 14.9 Å². The number of para-hydroxylation sites is 1. The average Bonchev–Trinajstić information content (AvgIpc) is 3.53. The number of phenolic OH excluding ortho intramolecular Hbond substituents is 1. The summed E-state index contributed by atoms with van der Waals surface area (Å²) in [4.78, 5) is 25.1. The minimum absolute atomic E-state index is 0.104. The number of carbonyl (C=O) groups is 2. The van der Waals surface area contributed by atoms with Crippen LogP contribution in [-0.4, -0.2) is 33.7 Å². The Morgan fingerprint density at radius 3 is 2.58 bits per heavy atom. The van der Waals surface area contributed by atoms with Crippen LogP contribution in [0.2, 0.25) is 0 Å².